The van der Waals surface area contributed by atoms with Gasteiger partial charge in [-0.3, -0.25) is 10.2 Å². The summed E-state index contributed by atoms with van der Waals surface area (Å²) >= 11 is 0. The van der Waals surface area contributed by atoms with Crippen molar-refractivity contribution < 1.29 is 14.2 Å². The van der Waals surface area contributed by atoms with Gasteiger partial charge in [0, 0.05) is 19.2 Å². The molecule has 3 saturated heterocycles. The topological polar surface area (TPSA) is 86.6 Å². The molecule has 5 atom stereocenters. The van der Waals surface area contributed by atoms with E-state index in [0.717, 1.165) is 17.9 Å². The summed E-state index contributed by atoms with van der Waals surface area (Å²) in [6.07, 6.45) is 8.90. The molecule has 35 heavy (non-hydrogen) atoms. The van der Waals surface area contributed by atoms with Crippen molar-refractivity contribution in [3.63, 3.8) is 0 Å². The molecule has 1 unspecified atom stereocenters. The molecule has 0 bridgehead atoms. The normalized spacial score (nSPS) is 30.7. The third-order valence-corrected chi connectivity index (χ3v) is 8.33. The quantitative estimate of drug-likeness (QED) is 0.575. The van der Waals surface area contributed by atoms with Gasteiger partial charge in [-0.15, -0.1) is 5.10 Å². The molecule has 1 aliphatic carbocycles. The molecule has 6 rings (SSSR count). The van der Waals surface area contributed by atoms with Crippen LogP contribution in [-0.2, 0) is 20.8 Å². The fraction of sp³-hybridized carbons (Fsp3) is 0.731. The van der Waals surface area contributed by atoms with E-state index in [4.69, 9.17) is 14.2 Å². The highest BCUT2D eigenvalue weighted by molar-refractivity contribution is 5.56. The lowest BCUT2D eigenvalue weighted by molar-refractivity contribution is -0.0132. The van der Waals surface area contributed by atoms with Crippen LogP contribution >= 0.6 is 0 Å². The Bertz CT molecular complexity index is 974. The Labute approximate surface area is 207 Å². The van der Waals surface area contributed by atoms with Gasteiger partial charge in [-0.2, -0.15) is 0 Å². The molecule has 3 aliphatic heterocycles. The number of likely N-dealkylation sites (tertiary alicyclic amines) is 1. The van der Waals surface area contributed by atoms with Gasteiger partial charge in [0.2, 0.25) is 0 Å². The van der Waals surface area contributed by atoms with Crippen LogP contribution in [0.15, 0.2) is 24.3 Å². The number of benzene rings is 1. The minimum Gasteiger partial charge on any atom is -0.371 e. The van der Waals surface area contributed by atoms with Crippen LogP contribution in [0, 0.1) is 5.92 Å². The van der Waals surface area contributed by atoms with E-state index >= 15 is 0 Å². The lowest BCUT2D eigenvalue weighted by Gasteiger charge is -2.32. The van der Waals surface area contributed by atoms with Gasteiger partial charge >= 0.3 is 0 Å². The summed E-state index contributed by atoms with van der Waals surface area (Å²) in [7, 11) is 1.81. The molecule has 9 heteroatoms. The van der Waals surface area contributed by atoms with Crippen molar-refractivity contribution >= 4 is 0 Å². The Morgan fingerprint density at radius 3 is 2.71 bits per heavy atom. The Morgan fingerprint density at radius 1 is 1.06 bits per heavy atom. The molecule has 1 aromatic carbocycles. The number of ether oxygens (including phenoxy) is 3. The second-order valence-corrected chi connectivity index (χ2v) is 10.6. The first-order valence-corrected chi connectivity index (χ1v) is 13.4. The highest BCUT2D eigenvalue weighted by atomic mass is 16.6. The minimum atomic E-state index is -0.0774. The van der Waals surface area contributed by atoms with Gasteiger partial charge in [0.05, 0.1) is 19.3 Å². The molecule has 0 amide bonds. The second-order valence-electron chi connectivity index (χ2n) is 10.6. The van der Waals surface area contributed by atoms with E-state index in [-0.39, 0.29) is 30.5 Å². The molecular formula is C26H38N6O3. The maximum Gasteiger partial charge on any atom is 0.182 e. The van der Waals surface area contributed by atoms with Crippen LogP contribution in [0.5, 0.6) is 0 Å². The predicted molar refractivity (Wildman–Crippen MR) is 131 cm³/mol. The number of nitrogens with one attached hydrogen (secondary N) is 1. The first-order valence-electron chi connectivity index (χ1n) is 13.4. The van der Waals surface area contributed by atoms with Crippen LogP contribution in [0.3, 0.4) is 0 Å². The lowest BCUT2D eigenvalue weighted by Crippen LogP contribution is -2.50. The average Bonchev–Trinajstić information content (AvgIpc) is 3.69. The van der Waals surface area contributed by atoms with E-state index < -0.39 is 0 Å². The summed E-state index contributed by atoms with van der Waals surface area (Å²) < 4.78 is 20.4. The van der Waals surface area contributed by atoms with E-state index in [9.17, 15) is 0 Å². The van der Waals surface area contributed by atoms with Crippen molar-refractivity contribution in [2.24, 2.45) is 5.92 Å². The van der Waals surface area contributed by atoms with Gasteiger partial charge in [0.15, 0.2) is 5.82 Å². The fourth-order valence-electron chi connectivity index (χ4n) is 6.49. The van der Waals surface area contributed by atoms with Gasteiger partial charge in [-0.25, -0.2) is 4.68 Å². The first kappa shape index (κ1) is 23.5. The molecule has 4 aliphatic rings. The van der Waals surface area contributed by atoms with E-state index in [1.54, 1.807) is 0 Å². The molecule has 2 aromatic rings. The molecule has 9 nitrogen and oxygen atoms in total. The van der Waals surface area contributed by atoms with Crippen molar-refractivity contribution in [1.29, 1.82) is 0 Å². The van der Waals surface area contributed by atoms with Crippen molar-refractivity contribution in [1.82, 2.24) is 30.4 Å². The lowest BCUT2D eigenvalue weighted by atomic mass is 9.87. The molecule has 190 valence electrons. The van der Waals surface area contributed by atoms with Crippen LogP contribution in [0.25, 0.3) is 11.4 Å². The Balaban J connectivity index is 1.15. The number of hydrogen-bond acceptors (Lipinski definition) is 8. The summed E-state index contributed by atoms with van der Waals surface area (Å²) in [4.78, 5) is 2.51. The van der Waals surface area contributed by atoms with Crippen LogP contribution in [0.1, 0.15) is 56.6 Å². The zero-order valence-corrected chi connectivity index (χ0v) is 20.7. The van der Waals surface area contributed by atoms with Gasteiger partial charge in [-0.05, 0) is 66.7 Å². The summed E-state index contributed by atoms with van der Waals surface area (Å²) in [5.74, 6) is 1.34. The van der Waals surface area contributed by atoms with Crippen molar-refractivity contribution in [2.45, 2.75) is 82.0 Å². The standard InChI is InChI=1S/C26H38N6O3/c1-33-26(19-9-3-2-4-10-19)27-21-16-34-24-22(17-35-23(21)24)32-25(28-29-30-32)20-11-7-8-18(14-20)15-31-12-5-6-13-31/h7-8,11,14,19,21-24,26-27H,2-6,9-10,12-13,15-17H2,1H3/t21-,22-,23+,24+,26?/m0/s1. The van der Waals surface area contributed by atoms with Crippen LogP contribution in [0.2, 0.25) is 0 Å². The third kappa shape index (κ3) is 4.89. The number of tetrazole rings is 1. The predicted octanol–water partition coefficient (Wildman–Crippen LogP) is 2.79. The molecule has 0 spiro atoms. The molecule has 0 radical (unpaired) electrons. The van der Waals surface area contributed by atoms with Crippen LogP contribution < -0.4 is 5.32 Å². The number of aromatic nitrogens is 4. The number of methoxy groups -OCH3 is 1. The van der Waals surface area contributed by atoms with Crippen LogP contribution in [0.4, 0.5) is 0 Å². The smallest absolute Gasteiger partial charge is 0.182 e. The average molecular weight is 483 g/mol. The van der Waals surface area contributed by atoms with E-state index in [1.165, 1.54) is 63.6 Å². The highest BCUT2D eigenvalue weighted by Crippen LogP contribution is 2.37. The molecule has 1 aromatic heterocycles. The fourth-order valence-corrected chi connectivity index (χ4v) is 6.49. The molecule has 1 N–H and O–H groups in total. The van der Waals surface area contributed by atoms with Gasteiger partial charge in [-0.1, -0.05) is 37.5 Å². The molecule has 4 fully saturated rings. The summed E-state index contributed by atoms with van der Waals surface area (Å²) in [6, 6.07) is 8.68. The Hall–Kier alpha value is -1.91. The largest absolute Gasteiger partial charge is 0.371 e. The number of fused-ring (bicyclic) bond motifs is 1. The molecule has 4 heterocycles. The Kier molecular flexibility index (Phi) is 7.11. The summed E-state index contributed by atoms with van der Waals surface area (Å²) in [6.45, 7) is 4.50. The first-order chi connectivity index (χ1) is 17.3. The summed E-state index contributed by atoms with van der Waals surface area (Å²) in [5.41, 5.74) is 2.34. The van der Waals surface area contributed by atoms with Gasteiger partial charge < -0.3 is 14.2 Å². The van der Waals surface area contributed by atoms with Gasteiger partial charge in [0.1, 0.15) is 24.5 Å². The monoisotopic (exact) mass is 482 g/mol. The molecule has 1 saturated carbocycles. The Morgan fingerprint density at radius 2 is 1.89 bits per heavy atom. The van der Waals surface area contributed by atoms with E-state index in [2.05, 4.69) is 50.0 Å². The zero-order chi connectivity index (χ0) is 23.6. The number of nitrogens with zero attached hydrogens (tertiary/aromatic N) is 5. The zero-order valence-electron chi connectivity index (χ0n) is 20.7. The van der Waals surface area contributed by atoms with E-state index in [1.807, 2.05) is 11.8 Å². The maximum absolute atomic E-state index is 6.30. The number of rotatable bonds is 8. The highest BCUT2D eigenvalue weighted by Gasteiger charge is 2.50. The second kappa shape index (κ2) is 10.6. The van der Waals surface area contributed by atoms with Gasteiger partial charge in [0.25, 0.3) is 0 Å². The number of hydrogen-bond donors (Lipinski definition) is 1. The van der Waals surface area contributed by atoms with Crippen molar-refractivity contribution in [3.8, 4) is 11.4 Å². The maximum atomic E-state index is 6.30. The van der Waals surface area contributed by atoms with Crippen molar-refractivity contribution in [2.75, 3.05) is 33.4 Å². The van der Waals surface area contributed by atoms with Crippen molar-refractivity contribution in [3.05, 3.63) is 29.8 Å². The van der Waals surface area contributed by atoms with E-state index in [0.29, 0.717) is 19.1 Å². The summed E-state index contributed by atoms with van der Waals surface area (Å²) in [5, 5.41) is 16.5. The minimum absolute atomic E-state index is 0.0280. The third-order valence-electron chi connectivity index (χ3n) is 8.33. The SMILES string of the molecule is COC(N[C@H]1CO[C@H]2[C@@H]1OC[C@@H]2n1nnnc1-c1cccc(CN2CCCC2)c1)C1CCCCC1. The van der Waals surface area contributed by atoms with Crippen LogP contribution in [-0.4, -0.2) is 83.0 Å². The molecular weight excluding hydrogens is 444 g/mol.